The number of benzene rings is 1. The van der Waals surface area contributed by atoms with Crippen LogP contribution in [0.1, 0.15) is 24.1 Å². The maximum absolute atomic E-state index is 10.3. The molecule has 0 heterocycles. The molecule has 0 N–H and O–H groups in total. The Morgan fingerprint density at radius 2 is 2.00 bits per heavy atom. The summed E-state index contributed by atoms with van der Waals surface area (Å²) in [5.41, 5.74) is 2.10. The van der Waals surface area contributed by atoms with Gasteiger partial charge in [0.15, 0.2) is 0 Å². The van der Waals surface area contributed by atoms with E-state index in [1.807, 2.05) is 19.1 Å². The zero-order valence-electron chi connectivity index (χ0n) is 8.52. The van der Waals surface area contributed by atoms with Crippen molar-refractivity contribution < 1.29 is 9.59 Å². The van der Waals surface area contributed by atoms with Crippen LogP contribution in [0.2, 0.25) is 0 Å². The van der Waals surface area contributed by atoms with Crippen molar-refractivity contribution >= 4 is 17.8 Å². The van der Waals surface area contributed by atoms with Gasteiger partial charge in [-0.05, 0) is 19.4 Å². The molecule has 0 saturated heterocycles. The quantitative estimate of drug-likeness (QED) is 0.558. The van der Waals surface area contributed by atoms with E-state index in [1.165, 1.54) is 12.2 Å². The molecule has 0 bridgehead atoms. The molecule has 0 spiro atoms. The Morgan fingerprint density at radius 3 is 2.60 bits per heavy atom. The Bertz CT molecular complexity index is 456. The fraction of sp³-hybridized carbons (Fsp3) is 0.273. The van der Waals surface area contributed by atoms with Crippen molar-refractivity contribution in [3.8, 4) is 0 Å². The third-order valence-electron chi connectivity index (χ3n) is 2.12. The highest BCUT2D eigenvalue weighted by atomic mass is 16.1. The van der Waals surface area contributed by atoms with E-state index in [4.69, 9.17) is 0 Å². The molecule has 4 heteroatoms. The van der Waals surface area contributed by atoms with Gasteiger partial charge in [-0.2, -0.15) is 9.98 Å². The molecule has 0 aliphatic carbocycles. The van der Waals surface area contributed by atoms with Gasteiger partial charge < -0.3 is 0 Å². The van der Waals surface area contributed by atoms with Crippen LogP contribution >= 0.6 is 0 Å². The summed E-state index contributed by atoms with van der Waals surface area (Å²) in [4.78, 5) is 27.6. The van der Waals surface area contributed by atoms with E-state index in [1.54, 1.807) is 13.0 Å². The summed E-state index contributed by atoms with van der Waals surface area (Å²) in [5, 5.41) is 0. The van der Waals surface area contributed by atoms with Crippen LogP contribution in [-0.2, 0) is 9.59 Å². The molecule has 0 fully saturated rings. The predicted molar refractivity (Wildman–Crippen MR) is 55.5 cm³/mol. The van der Waals surface area contributed by atoms with E-state index in [9.17, 15) is 9.59 Å². The van der Waals surface area contributed by atoms with Gasteiger partial charge in [0.25, 0.3) is 0 Å². The largest absolute Gasteiger partial charge is 0.240 e. The average molecular weight is 202 g/mol. The van der Waals surface area contributed by atoms with Gasteiger partial charge in [0, 0.05) is 5.56 Å². The Labute approximate surface area is 87.4 Å². The summed E-state index contributed by atoms with van der Waals surface area (Å²) in [6, 6.07) is 5.08. The molecule has 1 unspecified atom stereocenters. The Hall–Kier alpha value is -2.02. The molecule has 4 nitrogen and oxygen atoms in total. The molecule has 0 saturated carbocycles. The number of aryl methyl sites for hydroxylation is 1. The van der Waals surface area contributed by atoms with Crippen LogP contribution in [-0.4, -0.2) is 12.2 Å². The van der Waals surface area contributed by atoms with Crippen LogP contribution in [0.3, 0.4) is 0 Å². The maximum Gasteiger partial charge on any atom is 0.240 e. The number of rotatable bonds is 3. The van der Waals surface area contributed by atoms with Crippen molar-refractivity contribution in [1.29, 1.82) is 0 Å². The number of para-hydroxylation sites is 1. The van der Waals surface area contributed by atoms with Gasteiger partial charge in [0.05, 0.1) is 11.7 Å². The Balaban J connectivity index is 3.33. The summed E-state index contributed by atoms with van der Waals surface area (Å²) in [6.07, 6.45) is 2.99. The minimum atomic E-state index is -0.352. The first-order chi connectivity index (χ1) is 7.20. The molecule has 1 aromatic carbocycles. The molecule has 0 aromatic heterocycles. The smallest absolute Gasteiger partial charge is 0.211 e. The molecule has 0 aliphatic heterocycles. The van der Waals surface area contributed by atoms with Gasteiger partial charge >= 0.3 is 0 Å². The van der Waals surface area contributed by atoms with E-state index in [2.05, 4.69) is 9.98 Å². The van der Waals surface area contributed by atoms with E-state index in [0.717, 1.165) is 11.1 Å². The monoisotopic (exact) mass is 202 g/mol. The van der Waals surface area contributed by atoms with Crippen LogP contribution in [0.15, 0.2) is 28.2 Å². The first kappa shape index (κ1) is 11.1. The highest BCUT2D eigenvalue weighted by Crippen LogP contribution is 2.30. The standard InChI is InChI=1S/C11H10N2O2/c1-8-4-3-5-10(9(2)12-6-14)11(8)13-7-15/h3-5,9H,1-2H3. The van der Waals surface area contributed by atoms with Gasteiger partial charge in [-0.25, -0.2) is 9.59 Å². The molecule has 1 aromatic rings. The fourth-order valence-corrected chi connectivity index (χ4v) is 1.37. The lowest BCUT2D eigenvalue weighted by Gasteiger charge is -2.09. The van der Waals surface area contributed by atoms with Gasteiger partial charge in [-0.3, -0.25) is 0 Å². The molecule has 15 heavy (non-hydrogen) atoms. The lowest BCUT2D eigenvalue weighted by atomic mass is 10.0. The molecular formula is C11H10N2O2. The first-order valence-electron chi connectivity index (χ1n) is 4.45. The first-order valence-corrected chi connectivity index (χ1v) is 4.45. The van der Waals surface area contributed by atoms with Gasteiger partial charge in [-0.1, -0.05) is 18.2 Å². The van der Waals surface area contributed by atoms with Crippen LogP contribution in [0.5, 0.6) is 0 Å². The van der Waals surface area contributed by atoms with E-state index in [0.29, 0.717) is 5.69 Å². The third kappa shape index (κ3) is 2.47. The molecule has 76 valence electrons. The number of hydrogen-bond acceptors (Lipinski definition) is 4. The third-order valence-corrected chi connectivity index (χ3v) is 2.12. The Morgan fingerprint density at radius 1 is 1.27 bits per heavy atom. The lowest BCUT2D eigenvalue weighted by Crippen LogP contribution is -1.91. The summed E-state index contributed by atoms with van der Waals surface area (Å²) >= 11 is 0. The lowest BCUT2D eigenvalue weighted by molar-refractivity contribution is 0.559. The van der Waals surface area contributed by atoms with E-state index >= 15 is 0 Å². The van der Waals surface area contributed by atoms with Crippen LogP contribution in [0.4, 0.5) is 5.69 Å². The van der Waals surface area contributed by atoms with Crippen molar-refractivity contribution in [2.75, 3.05) is 0 Å². The minimum Gasteiger partial charge on any atom is -0.211 e. The molecule has 1 rings (SSSR count). The molecule has 0 radical (unpaired) electrons. The zero-order valence-corrected chi connectivity index (χ0v) is 8.52. The van der Waals surface area contributed by atoms with Crippen molar-refractivity contribution in [2.45, 2.75) is 19.9 Å². The number of hydrogen-bond donors (Lipinski definition) is 0. The van der Waals surface area contributed by atoms with Gasteiger partial charge in [0.1, 0.15) is 0 Å². The van der Waals surface area contributed by atoms with Crippen molar-refractivity contribution in [1.82, 2.24) is 0 Å². The van der Waals surface area contributed by atoms with Crippen LogP contribution in [0, 0.1) is 6.92 Å². The zero-order chi connectivity index (χ0) is 11.3. The van der Waals surface area contributed by atoms with Crippen molar-refractivity contribution in [3.05, 3.63) is 29.3 Å². The molecule has 1 atom stereocenters. The average Bonchev–Trinajstić information content (AvgIpc) is 2.21. The minimum absolute atomic E-state index is 0.352. The molecular weight excluding hydrogens is 192 g/mol. The van der Waals surface area contributed by atoms with E-state index in [-0.39, 0.29) is 6.04 Å². The number of isocyanates is 2. The van der Waals surface area contributed by atoms with Gasteiger partial charge in [0.2, 0.25) is 12.2 Å². The summed E-state index contributed by atoms with van der Waals surface area (Å²) in [6.45, 7) is 3.57. The molecule has 0 aliphatic rings. The van der Waals surface area contributed by atoms with Crippen LogP contribution in [0.25, 0.3) is 0 Å². The molecule has 0 amide bonds. The van der Waals surface area contributed by atoms with Crippen molar-refractivity contribution in [3.63, 3.8) is 0 Å². The number of carbonyl (C=O) groups excluding carboxylic acids is 2. The predicted octanol–water partition coefficient (Wildman–Crippen LogP) is 2.36. The highest BCUT2D eigenvalue weighted by Gasteiger charge is 2.10. The van der Waals surface area contributed by atoms with E-state index < -0.39 is 0 Å². The summed E-state index contributed by atoms with van der Waals surface area (Å²) in [5.74, 6) is 0. The normalized spacial score (nSPS) is 11.1. The fourth-order valence-electron chi connectivity index (χ4n) is 1.37. The second kappa shape index (κ2) is 5.01. The Kier molecular flexibility index (Phi) is 3.69. The topological polar surface area (TPSA) is 58.9 Å². The van der Waals surface area contributed by atoms with Crippen molar-refractivity contribution in [2.24, 2.45) is 9.98 Å². The SMILES string of the molecule is Cc1cccc(C(C)N=C=O)c1N=C=O. The summed E-state index contributed by atoms with van der Waals surface area (Å²) in [7, 11) is 0. The highest BCUT2D eigenvalue weighted by molar-refractivity contribution is 5.59. The van der Waals surface area contributed by atoms with Crippen LogP contribution < -0.4 is 0 Å². The van der Waals surface area contributed by atoms with Gasteiger partial charge in [-0.15, -0.1) is 0 Å². The summed E-state index contributed by atoms with van der Waals surface area (Å²) < 4.78 is 0. The number of aliphatic imine (C=N–C) groups is 2. The second-order valence-electron chi connectivity index (χ2n) is 3.11. The maximum atomic E-state index is 10.3. The second-order valence-corrected chi connectivity index (χ2v) is 3.11. The number of nitrogens with zero attached hydrogens (tertiary/aromatic N) is 2.